The molecule has 2 heteroatoms. The van der Waals surface area contributed by atoms with Crippen LogP contribution in [0.25, 0.3) is 0 Å². The van der Waals surface area contributed by atoms with E-state index in [9.17, 15) is 0 Å². The van der Waals surface area contributed by atoms with E-state index in [4.69, 9.17) is 0 Å². The average Bonchev–Trinajstić information content (AvgIpc) is 0.811. The average molecular weight is 106 g/mol. The molecule has 0 spiro atoms. The van der Waals surface area contributed by atoms with Crippen LogP contribution in [0.5, 0.6) is 0 Å². The van der Waals surface area contributed by atoms with Gasteiger partial charge in [0.15, 0.2) is 0 Å². The Bertz CT molecular complexity index is 29.0. The Morgan fingerprint density at radius 1 is 1.50 bits per heavy atom. The van der Waals surface area contributed by atoms with Crippen molar-refractivity contribution >= 4 is 6.19 Å². The Kier molecular flexibility index (Phi) is 2.69. The summed E-state index contributed by atoms with van der Waals surface area (Å²) in [6.07, 6.45) is 0.120. The van der Waals surface area contributed by atoms with Gasteiger partial charge in [-0.25, -0.2) is 0 Å². The van der Waals surface area contributed by atoms with Crippen LogP contribution in [0.15, 0.2) is 0 Å². The first-order valence-corrected chi connectivity index (χ1v) is 6.09. The van der Waals surface area contributed by atoms with E-state index in [-0.39, 0.29) is 6.19 Å². The summed E-state index contributed by atoms with van der Waals surface area (Å²) in [5.74, 6) is 0. The fraction of sp³-hybridized carbons (Fsp3) is 1.00. The Balaban J connectivity index is 2.80. The van der Waals surface area contributed by atoms with Gasteiger partial charge in [-0.3, -0.25) is 0 Å². The van der Waals surface area contributed by atoms with Gasteiger partial charge in [0.05, 0.1) is 0 Å². The Morgan fingerprint density at radius 2 is 1.50 bits per heavy atom. The summed E-state index contributed by atoms with van der Waals surface area (Å²) in [6, 6.07) is 0. The zero-order chi connectivity index (χ0) is 3.58. The van der Waals surface area contributed by atoms with E-state index in [1.165, 1.54) is 0 Å². The van der Waals surface area contributed by atoms with E-state index in [0.717, 1.165) is 0 Å². The quantitative estimate of drug-likeness (QED) is 0.400. The predicted molar refractivity (Wildman–Crippen MR) is 17.5 cm³/mol. The number of rotatable bonds is 0. The molecule has 0 heterocycles. The molecule has 0 saturated heterocycles. The number of hydrogen-bond acceptors (Lipinski definition) is 0. The fourth-order valence-electron chi connectivity index (χ4n) is 0. The van der Waals surface area contributed by atoms with E-state index in [2.05, 4.69) is 32.3 Å². The Labute approximate surface area is 38.8 Å². The Hall–Kier alpha value is 0.931. The van der Waals surface area contributed by atoms with E-state index in [0.29, 0.717) is 0 Å². The molecule has 0 bridgehead atoms. The van der Waals surface area contributed by atoms with Gasteiger partial charge in [0, 0.05) is 0 Å². The molecule has 0 fully saturated rings. The zero-order valence-electron chi connectivity index (χ0n) is 3.00. The van der Waals surface area contributed by atoms with Gasteiger partial charge in [-0.2, -0.15) is 0 Å². The summed E-state index contributed by atoms with van der Waals surface area (Å²) in [4.78, 5) is 0. The second kappa shape index (κ2) is 2.19. The normalized spacial score (nSPS) is 6.25. The minimum absolute atomic E-state index is 0.120. The summed E-state index contributed by atoms with van der Waals surface area (Å²) < 4.78 is 0. The summed E-state index contributed by atoms with van der Waals surface area (Å²) in [6.45, 7) is 4.54. The Morgan fingerprint density at radius 3 is 1.50 bits per heavy atom. The first kappa shape index (κ1) is 4.93. The van der Waals surface area contributed by atoms with E-state index in [1.807, 2.05) is 0 Å². The monoisotopic (exact) mass is 106 g/mol. The van der Waals surface area contributed by atoms with Gasteiger partial charge in [-0.1, -0.05) is 0 Å². The SMILES string of the molecule is C[Si](C)=[Ti]. The molecule has 0 aromatic heterocycles. The maximum atomic E-state index is 2.27. The van der Waals surface area contributed by atoms with Crippen molar-refractivity contribution in [3.63, 3.8) is 0 Å². The van der Waals surface area contributed by atoms with Crippen LogP contribution in [-0.2, 0) is 19.2 Å². The van der Waals surface area contributed by atoms with Crippen molar-refractivity contribution in [3.8, 4) is 0 Å². The van der Waals surface area contributed by atoms with Crippen LogP contribution in [0.1, 0.15) is 0 Å². The minimum atomic E-state index is 0.120. The molecular weight excluding hydrogens is 100.0 g/mol. The van der Waals surface area contributed by atoms with Crippen molar-refractivity contribution < 1.29 is 19.2 Å². The van der Waals surface area contributed by atoms with E-state index < -0.39 is 0 Å². The van der Waals surface area contributed by atoms with Crippen molar-refractivity contribution in [1.82, 2.24) is 0 Å². The van der Waals surface area contributed by atoms with Gasteiger partial charge in [-0.05, 0) is 0 Å². The van der Waals surface area contributed by atoms with Crippen LogP contribution >= 0.6 is 0 Å². The van der Waals surface area contributed by atoms with Crippen molar-refractivity contribution in [3.05, 3.63) is 0 Å². The summed E-state index contributed by atoms with van der Waals surface area (Å²) in [5, 5.41) is 0. The van der Waals surface area contributed by atoms with Gasteiger partial charge in [-0.15, -0.1) is 0 Å². The number of hydrogen-bond donors (Lipinski definition) is 0. The molecule has 0 nitrogen and oxygen atoms in total. The van der Waals surface area contributed by atoms with Crippen molar-refractivity contribution in [1.29, 1.82) is 0 Å². The van der Waals surface area contributed by atoms with Crippen molar-refractivity contribution in [2.45, 2.75) is 13.1 Å². The molecule has 0 aliphatic rings. The standard InChI is InChI=1S/C2H6Si.Ti/c1-3-2;/h1-2H3;. The molecule has 0 aromatic carbocycles. The molecule has 0 aliphatic heterocycles. The predicted octanol–water partition coefficient (Wildman–Crippen LogP) is 0.784. The summed E-state index contributed by atoms with van der Waals surface area (Å²) in [7, 11) is 0. The first-order chi connectivity index (χ1) is 1.73. The third kappa shape index (κ3) is 12.6. The molecule has 0 rings (SSSR count). The van der Waals surface area contributed by atoms with Gasteiger partial charge < -0.3 is 0 Å². The van der Waals surface area contributed by atoms with E-state index >= 15 is 0 Å². The molecule has 4 heavy (non-hydrogen) atoms. The third-order valence-corrected chi connectivity index (χ3v) is 0. The maximum absolute atomic E-state index is 2.27. The van der Waals surface area contributed by atoms with Crippen LogP contribution in [0.2, 0.25) is 13.1 Å². The molecule has 0 amide bonds. The van der Waals surface area contributed by atoms with E-state index in [1.54, 1.807) is 0 Å². The van der Waals surface area contributed by atoms with Crippen molar-refractivity contribution in [2.75, 3.05) is 0 Å². The van der Waals surface area contributed by atoms with Crippen LogP contribution in [0, 0.1) is 0 Å². The second-order valence-electron chi connectivity index (χ2n) is 1.00. The molecule has 0 aromatic rings. The van der Waals surface area contributed by atoms with Gasteiger partial charge >= 0.3 is 38.5 Å². The fourth-order valence-corrected chi connectivity index (χ4v) is 0. The summed E-state index contributed by atoms with van der Waals surface area (Å²) in [5.41, 5.74) is 0. The van der Waals surface area contributed by atoms with Crippen molar-refractivity contribution in [2.24, 2.45) is 0 Å². The van der Waals surface area contributed by atoms with Gasteiger partial charge in [0.25, 0.3) is 0 Å². The van der Waals surface area contributed by atoms with Crippen LogP contribution < -0.4 is 0 Å². The second-order valence-corrected chi connectivity index (χ2v) is 7.68. The van der Waals surface area contributed by atoms with Crippen LogP contribution in [0.4, 0.5) is 0 Å². The first-order valence-electron chi connectivity index (χ1n) is 1.25. The molecule has 22 valence electrons. The molecule has 0 atom stereocenters. The topological polar surface area (TPSA) is 0 Å². The summed E-state index contributed by atoms with van der Waals surface area (Å²) >= 11 is 2.27. The third-order valence-electron chi connectivity index (χ3n) is 0. The molecule has 0 aliphatic carbocycles. The molecular formula is C2H6SiTi. The molecule has 0 unspecified atom stereocenters. The van der Waals surface area contributed by atoms with Gasteiger partial charge in [0.1, 0.15) is 0 Å². The molecule has 0 saturated carbocycles. The molecule has 0 N–H and O–H groups in total. The van der Waals surface area contributed by atoms with Crippen LogP contribution in [-0.4, -0.2) is 6.19 Å². The zero-order valence-corrected chi connectivity index (χ0v) is 5.56. The van der Waals surface area contributed by atoms with Crippen LogP contribution in [0.3, 0.4) is 0 Å². The van der Waals surface area contributed by atoms with Gasteiger partial charge in [0.2, 0.25) is 0 Å². The molecule has 0 radical (unpaired) electrons.